The van der Waals surface area contributed by atoms with Gasteiger partial charge in [0.15, 0.2) is 0 Å². The summed E-state index contributed by atoms with van der Waals surface area (Å²) in [6, 6.07) is 7.24. The molecule has 94 valence electrons. The van der Waals surface area contributed by atoms with E-state index in [2.05, 4.69) is 5.32 Å². The van der Waals surface area contributed by atoms with Crippen LogP contribution in [0.15, 0.2) is 24.3 Å². The van der Waals surface area contributed by atoms with E-state index in [1.807, 2.05) is 18.2 Å². The number of rotatable bonds is 4. The predicted molar refractivity (Wildman–Crippen MR) is 69.1 cm³/mol. The van der Waals surface area contributed by atoms with E-state index in [4.69, 9.17) is 11.6 Å². The molecule has 0 bridgehead atoms. The largest absolute Gasteiger partial charge is 0.391 e. The molecule has 0 fully saturated rings. The fourth-order valence-electron chi connectivity index (χ4n) is 1.32. The Balaban J connectivity index is 2.66. The molecule has 1 aromatic carbocycles. The lowest BCUT2D eigenvalue weighted by molar-refractivity contribution is -0.123. The van der Waals surface area contributed by atoms with E-state index < -0.39 is 11.6 Å². The maximum atomic E-state index is 11.8. The molecule has 2 N–H and O–H groups in total. The topological polar surface area (TPSA) is 49.3 Å². The molecule has 0 aromatic heterocycles. The van der Waals surface area contributed by atoms with Gasteiger partial charge in [0.2, 0.25) is 5.91 Å². The third-order valence-corrected chi connectivity index (χ3v) is 3.18. The van der Waals surface area contributed by atoms with Crippen molar-refractivity contribution in [3.05, 3.63) is 34.9 Å². The zero-order chi connectivity index (χ0) is 13.1. The van der Waals surface area contributed by atoms with E-state index in [0.717, 1.165) is 5.56 Å². The zero-order valence-electron chi connectivity index (χ0n) is 10.3. The molecule has 3 nitrogen and oxygen atoms in total. The van der Waals surface area contributed by atoms with Gasteiger partial charge in [0.25, 0.3) is 0 Å². The first-order valence-corrected chi connectivity index (χ1v) is 5.93. The summed E-state index contributed by atoms with van der Waals surface area (Å²) in [4.78, 5) is 11.8. The predicted octanol–water partition coefficient (Wildman–Crippen LogP) is 2.16. The third kappa shape index (κ3) is 4.02. The first-order valence-electron chi connectivity index (χ1n) is 5.55. The minimum absolute atomic E-state index is 0.149. The van der Waals surface area contributed by atoms with Crippen LogP contribution in [-0.2, 0) is 11.2 Å². The van der Waals surface area contributed by atoms with E-state index >= 15 is 0 Å². The molecule has 0 saturated heterocycles. The van der Waals surface area contributed by atoms with Gasteiger partial charge in [0.05, 0.1) is 18.1 Å². The lowest BCUT2D eigenvalue weighted by Gasteiger charge is -2.29. The lowest BCUT2D eigenvalue weighted by atomic mass is 9.98. The third-order valence-electron chi connectivity index (χ3n) is 2.81. The first-order chi connectivity index (χ1) is 7.83. The number of benzene rings is 1. The fourth-order valence-corrected chi connectivity index (χ4v) is 1.53. The summed E-state index contributed by atoms with van der Waals surface area (Å²) in [7, 11) is 0. The second-order valence-electron chi connectivity index (χ2n) is 4.71. The van der Waals surface area contributed by atoms with Crippen LogP contribution in [0.4, 0.5) is 0 Å². The Morgan fingerprint density at radius 3 is 2.59 bits per heavy atom. The van der Waals surface area contributed by atoms with Crippen LogP contribution in [0, 0.1) is 0 Å². The average Bonchev–Trinajstić information content (AvgIpc) is 2.20. The normalized spacial score (nSPS) is 13.2. The van der Waals surface area contributed by atoms with Crippen LogP contribution in [0.3, 0.4) is 0 Å². The maximum absolute atomic E-state index is 11.8. The van der Waals surface area contributed by atoms with Crippen LogP contribution < -0.4 is 5.32 Å². The zero-order valence-corrected chi connectivity index (χ0v) is 11.1. The second-order valence-corrected chi connectivity index (χ2v) is 5.12. The van der Waals surface area contributed by atoms with Crippen molar-refractivity contribution >= 4 is 17.5 Å². The van der Waals surface area contributed by atoms with Crippen LogP contribution in [-0.4, -0.2) is 22.7 Å². The van der Waals surface area contributed by atoms with Crippen LogP contribution in [0.25, 0.3) is 0 Å². The maximum Gasteiger partial charge on any atom is 0.224 e. The highest BCUT2D eigenvalue weighted by Gasteiger charge is 2.25. The molecule has 17 heavy (non-hydrogen) atoms. The van der Waals surface area contributed by atoms with Crippen molar-refractivity contribution in [2.24, 2.45) is 0 Å². The Hall–Kier alpha value is -1.06. The van der Waals surface area contributed by atoms with Gasteiger partial charge in [-0.05, 0) is 32.4 Å². The molecule has 1 atom stereocenters. The Morgan fingerprint density at radius 1 is 1.47 bits per heavy atom. The van der Waals surface area contributed by atoms with Gasteiger partial charge in [-0.15, -0.1) is 0 Å². The van der Waals surface area contributed by atoms with E-state index in [1.54, 1.807) is 26.8 Å². The summed E-state index contributed by atoms with van der Waals surface area (Å²) >= 11 is 5.97. The quantitative estimate of drug-likeness (QED) is 0.866. The standard InChI is InChI=1S/C13H18ClNO2/c1-9(16)13(2,3)15-12(17)8-10-6-4-5-7-11(10)14/h4-7,9,16H,8H2,1-3H3,(H,15,17). The Morgan fingerprint density at radius 2 is 2.06 bits per heavy atom. The van der Waals surface area contributed by atoms with Gasteiger partial charge in [0.1, 0.15) is 0 Å². The minimum Gasteiger partial charge on any atom is -0.391 e. The molecule has 1 unspecified atom stereocenters. The molecule has 0 aliphatic rings. The second kappa shape index (κ2) is 5.52. The lowest BCUT2D eigenvalue weighted by Crippen LogP contribution is -2.51. The Kier molecular flexibility index (Phi) is 4.54. The summed E-state index contributed by atoms with van der Waals surface area (Å²) in [6.45, 7) is 5.21. The van der Waals surface area contributed by atoms with E-state index in [9.17, 15) is 9.90 Å². The van der Waals surface area contributed by atoms with Crippen molar-refractivity contribution in [2.45, 2.75) is 38.8 Å². The van der Waals surface area contributed by atoms with Gasteiger partial charge < -0.3 is 10.4 Å². The monoisotopic (exact) mass is 255 g/mol. The highest BCUT2D eigenvalue weighted by atomic mass is 35.5. The number of amides is 1. The smallest absolute Gasteiger partial charge is 0.224 e. The number of hydrogen-bond acceptors (Lipinski definition) is 2. The van der Waals surface area contributed by atoms with E-state index in [-0.39, 0.29) is 12.3 Å². The summed E-state index contributed by atoms with van der Waals surface area (Å²) in [5.74, 6) is -0.149. The van der Waals surface area contributed by atoms with Gasteiger partial charge in [0, 0.05) is 5.02 Å². The Bertz CT molecular complexity index is 402. The van der Waals surface area contributed by atoms with Gasteiger partial charge in [-0.25, -0.2) is 0 Å². The molecule has 0 aliphatic heterocycles. The highest BCUT2D eigenvalue weighted by molar-refractivity contribution is 6.31. The number of aliphatic hydroxyl groups is 1. The number of hydrogen-bond donors (Lipinski definition) is 2. The molecule has 0 spiro atoms. The molecule has 4 heteroatoms. The number of carbonyl (C=O) groups excluding carboxylic acids is 1. The van der Waals surface area contributed by atoms with Crippen LogP contribution >= 0.6 is 11.6 Å². The number of halogens is 1. The number of carbonyl (C=O) groups is 1. The molecular weight excluding hydrogens is 238 g/mol. The molecule has 0 radical (unpaired) electrons. The summed E-state index contributed by atoms with van der Waals surface area (Å²) in [5, 5.41) is 12.9. The van der Waals surface area contributed by atoms with Gasteiger partial charge in [-0.2, -0.15) is 0 Å². The average molecular weight is 256 g/mol. The van der Waals surface area contributed by atoms with Crippen LogP contribution in [0.5, 0.6) is 0 Å². The summed E-state index contributed by atoms with van der Waals surface area (Å²) in [5.41, 5.74) is 0.145. The van der Waals surface area contributed by atoms with Crippen molar-refractivity contribution in [2.75, 3.05) is 0 Å². The van der Waals surface area contributed by atoms with Gasteiger partial charge in [-0.1, -0.05) is 29.8 Å². The van der Waals surface area contributed by atoms with E-state index in [1.165, 1.54) is 0 Å². The molecule has 1 rings (SSSR count). The van der Waals surface area contributed by atoms with Crippen LogP contribution in [0.1, 0.15) is 26.3 Å². The SMILES string of the molecule is CC(O)C(C)(C)NC(=O)Cc1ccccc1Cl. The first kappa shape index (κ1) is 14.0. The highest BCUT2D eigenvalue weighted by Crippen LogP contribution is 2.16. The summed E-state index contributed by atoms with van der Waals surface area (Å²) < 4.78 is 0. The molecule has 0 saturated carbocycles. The van der Waals surface area contributed by atoms with Crippen molar-refractivity contribution in [1.82, 2.24) is 5.32 Å². The molecule has 0 heterocycles. The minimum atomic E-state index is -0.641. The number of aliphatic hydroxyl groups excluding tert-OH is 1. The van der Waals surface area contributed by atoms with Gasteiger partial charge >= 0.3 is 0 Å². The summed E-state index contributed by atoms with van der Waals surface area (Å²) in [6.07, 6.45) is -0.395. The molecule has 0 aliphatic carbocycles. The van der Waals surface area contributed by atoms with Crippen molar-refractivity contribution < 1.29 is 9.90 Å². The Labute approximate surface area is 107 Å². The van der Waals surface area contributed by atoms with E-state index in [0.29, 0.717) is 5.02 Å². The number of nitrogens with one attached hydrogen (secondary N) is 1. The fraction of sp³-hybridized carbons (Fsp3) is 0.462. The molecule has 1 amide bonds. The van der Waals surface area contributed by atoms with Gasteiger partial charge in [-0.3, -0.25) is 4.79 Å². The van der Waals surface area contributed by atoms with Crippen molar-refractivity contribution in [3.8, 4) is 0 Å². The molecular formula is C13H18ClNO2. The molecule has 1 aromatic rings. The van der Waals surface area contributed by atoms with Crippen molar-refractivity contribution in [1.29, 1.82) is 0 Å². The van der Waals surface area contributed by atoms with Crippen molar-refractivity contribution in [3.63, 3.8) is 0 Å². The van der Waals surface area contributed by atoms with Crippen LogP contribution in [0.2, 0.25) is 5.02 Å².